The molecule has 0 aliphatic carbocycles. The smallest absolute Gasteiger partial charge is 0.248 e. The molecule has 4 rings (SSSR count). The zero-order valence-electron chi connectivity index (χ0n) is 21.3. The van der Waals surface area contributed by atoms with Gasteiger partial charge in [-0.1, -0.05) is 28.9 Å². The minimum Gasteiger partial charge on any atom is -0.355 e. The highest BCUT2D eigenvalue weighted by atomic mass is 32.2. The molecule has 3 aromatic rings. The van der Waals surface area contributed by atoms with Crippen LogP contribution in [0.2, 0.25) is 0 Å². The van der Waals surface area contributed by atoms with E-state index in [9.17, 15) is 13.2 Å². The lowest BCUT2D eigenvalue weighted by molar-refractivity contribution is -0.120. The van der Waals surface area contributed by atoms with Gasteiger partial charge in [-0.05, 0) is 87.9 Å². The lowest BCUT2D eigenvalue weighted by Gasteiger charge is -2.30. The number of carbonyl (C=O) groups is 1. The van der Waals surface area contributed by atoms with Crippen LogP contribution in [0.3, 0.4) is 0 Å². The first kappa shape index (κ1) is 25.8. The van der Waals surface area contributed by atoms with Crippen molar-refractivity contribution >= 4 is 33.9 Å². The number of piperidine rings is 1. The number of hydrogen-bond acceptors (Lipinski definition) is 6. The summed E-state index contributed by atoms with van der Waals surface area (Å²) in [4.78, 5) is 17.0. The second-order valence-electron chi connectivity index (χ2n) is 9.49. The van der Waals surface area contributed by atoms with E-state index in [0.29, 0.717) is 24.4 Å². The van der Waals surface area contributed by atoms with E-state index in [1.807, 2.05) is 39.8 Å². The Hall–Kier alpha value is -3.30. The van der Waals surface area contributed by atoms with Crippen molar-refractivity contribution in [1.29, 1.82) is 0 Å². The van der Waals surface area contributed by atoms with Gasteiger partial charge in [0.1, 0.15) is 11.5 Å². The molecular formula is C27H32N4O4S. The van der Waals surface area contributed by atoms with E-state index in [1.54, 1.807) is 25.3 Å². The molecule has 3 heterocycles. The Labute approximate surface area is 212 Å². The summed E-state index contributed by atoms with van der Waals surface area (Å²) in [6.45, 7) is 10.1. The Morgan fingerprint density at radius 1 is 1.03 bits per heavy atom. The number of carbonyl (C=O) groups excluding carboxylic acids is 1. The molecule has 0 saturated carbocycles. The summed E-state index contributed by atoms with van der Waals surface area (Å²) in [5.41, 5.74) is 5.72. The number of rotatable bonds is 6. The highest BCUT2D eigenvalue weighted by Crippen LogP contribution is 2.30. The van der Waals surface area contributed by atoms with Gasteiger partial charge in [-0.15, -0.1) is 0 Å². The predicted octanol–water partition coefficient (Wildman–Crippen LogP) is 4.82. The van der Waals surface area contributed by atoms with Gasteiger partial charge < -0.3 is 9.84 Å². The van der Waals surface area contributed by atoms with Crippen molar-refractivity contribution in [3.63, 3.8) is 0 Å². The van der Waals surface area contributed by atoms with Gasteiger partial charge in [0.05, 0.1) is 0 Å². The number of nitrogens with zero attached hydrogens (tertiary/aromatic N) is 3. The van der Waals surface area contributed by atoms with Crippen molar-refractivity contribution in [1.82, 2.24) is 14.4 Å². The van der Waals surface area contributed by atoms with Crippen LogP contribution in [0.25, 0.3) is 12.2 Å². The Kier molecular flexibility index (Phi) is 7.42. The topological polar surface area (TPSA) is 105 Å². The molecule has 1 aliphatic heterocycles. The molecular weight excluding hydrogens is 476 g/mol. The average Bonchev–Trinajstić information content (AvgIpc) is 3.19. The molecule has 0 radical (unpaired) electrons. The monoisotopic (exact) mass is 508 g/mol. The maximum absolute atomic E-state index is 13.6. The standard InChI is InChI=1S/C27H32N4O4S/c1-17-8-11-28-25(16-17)29-27(32)22-9-12-31(13-10-22)36(33,34)26-21(5)30-35-24(26)7-6-23-19(3)14-18(2)15-20(23)4/h6-8,11,14-16,22H,9-10,12-13H2,1-5H3,(H,28,29,32)/b7-6+. The van der Waals surface area contributed by atoms with Crippen LogP contribution in [0.4, 0.5) is 5.82 Å². The molecule has 1 aromatic carbocycles. The van der Waals surface area contributed by atoms with Crippen molar-refractivity contribution in [3.8, 4) is 0 Å². The highest BCUT2D eigenvalue weighted by molar-refractivity contribution is 7.89. The molecule has 9 heteroatoms. The second-order valence-corrected chi connectivity index (χ2v) is 11.4. The number of nitrogens with one attached hydrogen (secondary N) is 1. The molecule has 1 saturated heterocycles. The summed E-state index contributed by atoms with van der Waals surface area (Å²) in [6.07, 6.45) is 6.04. The van der Waals surface area contributed by atoms with Crippen LogP contribution >= 0.6 is 0 Å². The first-order chi connectivity index (χ1) is 17.1. The van der Waals surface area contributed by atoms with E-state index in [1.165, 1.54) is 9.87 Å². The Bertz CT molecular complexity index is 1390. The summed E-state index contributed by atoms with van der Waals surface area (Å²) in [5, 5.41) is 6.79. The molecule has 0 bridgehead atoms. The fourth-order valence-electron chi connectivity index (χ4n) is 4.73. The van der Waals surface area contributed by atoms with Crippen LogP contribution in [-0.4, -0.2) is 41.9 Å². The summed E-state index contributed by atoms with van der Waals surface area (Å²) < 4.78 is 34.0. The second kappa shape index (κ2) is 10.4. The van der Waals surface area contributed by atoms with Gasteiger partial charge >= 0.3 is 0 Å². The van der Waals surface area contributed by atoms with Gasteiger partial charge in [-0.25, -0.2) is 13.4 Å². The normalized spacial score (nSPS) is 15.5. The van der Waals surface area contributed by atoms with E-state index < -0.39 is 10.0 Å². The number of aryl methyl sites for hydroxylation is 5. The molecule has 0 unspecified atom stereocenters. The van der Waals surface area contributed by atoms with Crippen LogP contribution in [-0.2, 0) is 14.8 Å². The number of hydrogen-bond donors (Lipinski definition) is 1. The quantitative estimate of drug-likeness (QED) is 0.512. The molecule has 0 atom stereocenters. The third-order valence-electron chi connectivity index (χ3n) is 6.56. The zero-order valence-corrected chi connectivity index (χ0v) is 22.1. The fraction of sp³-hybridized carbons (Fsp3) is 0.370. The van der Waals surface area contributed by atoms with Crippen LogP contribution < -0.4 is 5.32 Å². The summed E-state index contributed by atoms with van der Waals surface area (Å²) in [6, 6.07) is 7.84. The lowest BCUT2D eigenvalue weighted by Crippen LogP contribution is -2.41. The number of amides is 1. The van der Waals surface area contributed by atoms with Crippen LogP contribution in [0.15, 0.2) is 39.9 Å². The third kappa shape index (κ3) is 5.42. The molecule has 1 aliphatic rings. The SMILES string of the molecule is Cc1ccnc(NC(=O)C2CCN(S(=O)(=O)c3c(C)noc3/C=C/c3c(C)cc(C)cc3C)CC2)c1. The van der Waals surface area contributed by atoms with E-state index >= 15 is 0 Å². The van der Waals surface area contributed by atoms with Gasteiger partial charge in [-0.2, -0.15) is 4.31 Å². The molecule has 2 aromatic heterocycles. The minimum atomic E-state index is -3.84. The Morgan fingerprint density at radius 3 is 2.33 bits per heavy atom. The highest BCUT2D eigenvalue weighted by Gasteiger charge is 2.36. The number of pyridine rings is 1. The first-order valence-electron chi connectivity index (χ1n) is 12.0. The van der Waals surface area contributed by atoms with Crippen molar-refractivity contribution < 1.29 is 17.7 Å². The van der Waals surface area contributed by atoms with Gasteiger partial charge in [-0.3, -0.25) is 4.79 Å². The Morgan fingerprint density at radius 2 is 1.69 bits per heavy atom. The Balaban J connectivity index is 1.48. The largest absolute Gasteiger partial charge is 0.355 e. The van der Waals surface area contributed by atoms with Crippen molar-refractivity contribution in [2.75, 3.05) is 18.4 Å². The molecule has 1 amide bonds. The van der Waals surface area contributed by atoms with Crippen LogP contribution in [0.1, 0.15) is 52.1 Å². The number of sulfonamides is 1. The predicted molar refractivity (Wildman–Crippen MR) is 140 cm³/mol. The molecule has 1 N–H and O–H groups in total. The fourth-order valence-corrected chi connectivity index (χ4v) is 6.45. The van der Waals surface area contributed by atoms with Gasteiger partial charge in [0.2, 0.25) is 15.9 Å². The van der Waals surface area contributed by atoms with Crippen LogP contribution in [0.5, 0.6) is 0 Å². The van der Waals surface area contributed by atoms with Crippen molar-refractivity contribution in [2.45, 2.75) is 52.4 Å². The number of aromatic nitrogens is 2. The van der Waals surface area contributed by atoms with E-state index in [-0.39, 0.29) is 35.6 Å². The number of benzene rings is 1. The molecule has 36 heavy (non-hydrogen) atoms. The van der Waals surface area contributed by atoms with Gasteiger partial charge in [0.15, 0.2) is 10.7 Å². The van der Waals surface area contributed by atoms with Gasteiger partial charge in [0, 0.05) is 25.2 Å². The molecule has 1 fully saturated rings. The third-order valence-corrected chi connectivity index (χ3v) is 8.62. The molecule has 0 spiro atoms. The summed E-state index contributed by atoms with van der Waals surface area (Å²) in [5.74, 6) is 0.288. The summed E-state index contributed by atoms with van der Waals surface area (Å²) in [7, 11) is -3.84. The molecule has 8 nitrogen and oxygen atoms in total. The average molecular weight is 509 g/mol. The number of anilines is 1. The van der Waals surface area contributed by atoms with Crippen molar-refractivity contribution in [2.24, 2.45) is 5.92 Å². The van der Waals surface area contributed by atoms with Crippen LogP contribution in [0, 0.1) is 40.5 Å². The van der Waals surface area contributed by atoms with Gasteiger partial charge in [0.25, 0.3) is 0 Å². The van der Waals surface area contributed by atoms with E-state index in [0.717, 1.165) is 22.3 Å². The maximum Gasteiger partial charge on any atom is 0.248 e. The zero-order chi connectivity index (χ0) is 26.0. The lowest BCUT2D eigenvalue weighted by atomic mass is 9.97. The first-order valence-corrected chi connectivity index (χ1v) is 13.5. The van der Waals surface area contributed by atoms with Crippen molar-refractivity contribution in [3.05, 3.63) is 69.7 Å². The summed E-state index contributed by atoms with van der Waals surface area (Å²) >= 11 is 0. The maximum atomic E-state index is 13.6. The molecule has 190 valence electrons. The van der Waals surface area contributed by atoms with E-state index in [4.69, 9.17) is 4.52 Å². The minimum absolute atomic E-state index is 0.0769. The van der Waals surface area contributed by atoms with E-state index in [2.05, 4.69) is 27.6 Å².